The molecule has 0 aliphatic heterocycles. The minimum absolute atomic E-state index is 0.347. The number of carbonyl (C=O) groups is 2. The molecule has 0 bridgehead atoms. The maximum Gasteiger partial charge on any atom is 0.534 e. The highest BCUT2D eigenvalue weighted by Crippen LogP contribution is 2.17. The molecule has 1 aromatic rings. The van der Waals surface area contributed by atoms with Gasteiger partial charge < -0.3 is 19.6 Å². The molecule has 1 rings (SSSR count). The first kappa shape index (κ1) is 14.6. The topological polar surface area (TPSA) is 114 Å². The summed E-state index contributed by atoms with van der Waals surface area (Å²) in [5.41, 5.74) is -1.19. The average molecular weight is 271 g/mol. The monoisotopic (exact) mass is 271 g/mol. The Labute approximate surface area is 108 Å². The zero-order valence-electron chi connectivity index (χ0n) is 10.9. The molecule has 0 saturated carbocycles. The first-order valence-electron chi connectivity index (χ1n) is 5.22. The molecule has 1 aromatic heterocycles. The van der Waals surface area contributed by atoms with Gasteiger partial charge >= 0.3 is 17.9 Å². The lowest BCUT2D eigenvalue weighted by Gasteiger charge is -2.16. The van der Waals surface area contributed by atoms with E-state index in [-0.39, 0.29) is 5.69 Å². The van der Waals surface area contributed by atoms with Gasteiger partial charge in [-0.3, -0.25) is 0 Å². The van der Waals surface area contributed by atoms with Crippen LogP contribution in [0.1, 0.15) is 31.3 Å². The van der Waals surface area contributed by atoms with E-state index >= 15 is 0 Å². The molecule has 0 aliphatic rings. The Bertz CT molecular complexity index is 528. The van der Waals surface area contributed by atoms with Crippen LogP contribution in [0.3, 0.4) is 0 Å². The molecule has 0 aliphatic carbocycles. The Hall–Kier alpha value is -2.45. The number of nitro groups is 1. The van der Waals surface area contributed by atoms with Crippen molar-refractivity contribution in [3.05, 3.63) is 21.9 Å². The van der Waals surface area contributed by atoms with Crippen LogP contribution in [0.4, 0.5) is 10.6 Å². The van der Waals surface area contributed by atoms with E-state index in [9.17, 15) is 19.7 Å². The second kappa shape index (κ2) is 5.04. The molecule has 0 atom stereocenters. The molecule has 19 heavy (non-hydrogen) atoms. The lowest BCUT2D eigenvalue weighted by Crippen LogP contribution is -2.28. The van der Waals surface area contributed by atoms with E-state index in [4.69, 9.17) is 4.74 Å². The number of hydrogen-bond donors (Lipinski definition) is 0. The van der Waals surface area contributed by atoms with Crippen LogP contribution in [-0.4, -0.2) is 39.5 Å². The highest BCUT2D eigenvalue weighted by molar-refractivity contribution is 5.88. The van der Waals surface area contributed by atoms with Gasteiger partial charge in [-0.25, -0.2) is 4.79 Å². The highest BCUT2D eigenvalue weighted by atomic mass is 16.6. The zero-order chi connectivity index (χ0) is 14.8. The van der Waals surface area contributed by atoms with Crippen LogP contribution < -0.4 is 0 Å². The van der Waals surface area contributed by atoms with Crippen LogP contribution in [0.25, 0.3) is 0 Å². The van der Waals surface area contributed by atoms with Crippen molar-refractivity contribution in [2.75, 3.05) is 7.11 Å². The molecule has 0 aromatic carbocycles. The third kappa shape index (κ3) is 3.50. The lowest BCUT2D eigenvalue weighted by atomic mass is 10.2. The fraction of sp³-hybridized carbons (Fsp3) is 0.500. The molecule has 0 spiro atoms. The standard InChI is InChI=1S/C10H13N3O6/c1-10(2,3)19-9(15)12-7(13(16)17)5-6(11-12)8(14)18-4/h5H,1-4H3. The maximum atomic E-state index is 11.7. The van der Waals surface area contributed by atoms with Gasteiger partial charge in [0.05, 0.1) is 13.2 Å². The van der Waals surface area contributed by atoms with Crippen molar-refractivity contribution >= 4 is 17.9 Å². The van der Waals surface area contributed by atoms with Gasteiger partial charge in [0.1, 0.15) is 5.60 Å². The summed E-state index contributed by atoms with van der Waals surface area (Å²) in [6.07, 6.45) is -1.05. The Morgan fingerprint density at radius 3 is 2.42 bits per heavy atom. The van der Waals surface area contributed by atoms with Crippen molar-refractivity contribution in [1.29, 1.82) is 0 Å². The van der Waals surface area contributed by atoms with Gasteiger partial charge in [-0.1, -0.05) is 5.10 Å². The van der Waals surface area contributed by atoms with E-state index in [1.807, 2.05) is 0 Å². The number of hydrogen-bond acceptors (Lipinski definition) is 7. The predicted octanol–water partition coefficient (Wildman–Crippen LogP) is 1.36. The predicted molar refractivity (Wildman–Crippen MR) is 61.9 cm³/mol. The Morgan fingerprint density at radius 2 is 2.00 bits per heavy atom. The molecule has 0 fully saturated rings. The zero-order valence-corrected chi connectivity index (χ0v) is 10.9. The van der Waals surface area contributed by atoms with E-state index in [2.05, 4.69) is 9.84 Å². The molecule has 0 amide bonds. The lowest BCUT2D eigenvalue weighted by molar-refractivity contribution is -0.391. The summed E-state index contributed by atoms with van der Waals surface area (Å²) >= 11 is 0. The number of aromatic nitrogens is 2. The van der Waals surface area contributed by atoms with Gasteiger partial charge in [0, 0.05) is 0 Å². The normalized spacial score (nSPS) is 10.9. The summed E-state index contributed by atoms with van der Waals surface area (Å²) in [6.45, 7) is 4.80. The molecular weight excluding hydrogens is 258 g/mol. The van der Waals surface area contributed by atoms with Gasteiger partial charge in [-0.15, -0.1) is 0 Å². The maximum absolute atomic E-state index is 11.7. The third-order valence-electron chi connectivity index (χ3n) is 1.84. The van der Waals surface area contributed by atoms with E-state index in [1.54, 1.807) is 20.8 Å². The average Bonchev–Trinajstić information content (AvgIpc) is 2.70. The van der Waals surface area contributed by atoms with Crippen LogP contribution in [0.5, 0.6) is 0 Å². The van der Waals surface area contributed by atoms with E-state index in [0.717, 1.165) is 13.2 Å². The quantitative estimate of drug-likeness (QED) is 0.453. The van der Waals surface area contributed by atoms with Gasteiger partial charge in [-0.2, -0.15) is 4.79 Å². The van der Waals surface area contributed by atoms with Crippen molar-refractivity contribution in [1.82, 2.24) is 9.78 Å². The minimum Gasteiger partial charge on any atom is -0.464 e. The summed E-state index contributed by atoms with van der Waals surface area (Å²) in [7, 11) is 1.10. The number of carbonyl (C=O) groups excluding carboxylic acids is 2. The van der Waals surface area contributed by atoms with Crippen molar-refractivity contribution < 1.29 is 24.0 Å². The van der Waals surface area contributed by atoms with Gasteiger partial charge in [0.2, 0.25) is 5.69 Å². The highest BCUT2D eigenvalue weighted by Gasteiger charge is 2.31. The van der Waals surface area contributed by atoms with Crippen LogP contribution in [0.2, 0.25) is 0 Å². The molecule has 0 saturated heterocycles. The summed E-state index contributed by atoms with van der Waals surface area (Å²) in [5.74, 6) is -1.56. The third-order valence-corrected chi connectivity index (χ3v) is 1.84. The Balaban J connectivity index is 3.18. The second-order valence-corrected chi connectivity index (χ2v) is 4.53. The summed E-state index contributed by atoms with van der Waals surface area (Å²) in [4.78, 5) is 32.9. The van der Waals surface area contributed by atoms with Crippen LogP contribution >= 0.6 is 0 Å². The molecule has 0 N–H and O–H groups in total. The number of ether oxygens (including phenoxy) is 2. The molecular formula is C10H13N3O6. The van der Waals surface area contributed by atoms with Crippen LogP contribution in [-0.2, 0) is 9.47 Å². The van der Waals surface area contributed by atoms with Crippen molar-refractivity contribution in [2.45, 2.75) is 26.4 Å². The van der Waals surface area contributed by atoms with Gasteiger partial charge in [0.15, 0.2) is 0 Å². The van der Waals surface area contributed by atoms with E-state index in [0.29, 0.717) is 4.68 Å². The van der Waals surface area contributed by atoms with Gasteiger partial charge in [0.25, 0.3) is 0 Å². The number of esters is 1. The molecule has 0 unspecified atom stereocenters. The largest absolute Gasteiger partial charge is 0.534 e. The molecule has 0 radical (unpaired) electrons. The number of nitrogens with zero attached hydrogens (tertiary/aromatic N) is 3. The molecule has 104 valence electrons. The van der Waals surface area contributed by atoms with Gasteiger partial charge in [-0.05, 0) is 30.4 Å². The fourth-order valence-corrected chi connectivity index (χ4v) is 1.15. The van der Waals surface area contributed by atoms with Crippen molar-refractivity contribution in [2.24, 2.45) is 0 Å². The number of methoxy groups -OCH3 is 1. The smallest absolute Gasteiger partial charge is 0.464 e. The van der Waals surface area contributed by atoms with Crippen molar-refractivity contribution in [3.63, 3.8) is 0 Å². The first-order valence-corrected chi connectivity index (χ1v) is 5.22. The van der Waals surface area contributed by atoms with E-state index < -0.39 is 28.4 Å². The van der Waals surface area contributed by atoms with Crippen molar-refractivity contribution in [3.8, 4) is 0 Å². The SMILES string of the molecule is COC(=O)c1cc([N+](=O)[O-])n(C(=O)OC(C)(C)C)n1. The second-order valence-electron chi connectivity index (χ2n) is 4.53. The molecule has 1 heterocycles. The molecule has 9 heteroatoms. The minimum atomic E-state index is -1.05. The van der Waals surface area contributed by atoms with Crippen LogP contribution in [0.15, 0.2) is 6.07 Å². The van der Waals surface area contributed by atoms with Crippen LogP contribution in [0, 0.1) is 10.1 Å². The summed E-state index contributed by atoms with van der Waals surface area (Å²) in [5, 5.41) is 14.3. The number of rotatable bonds is 2. The first-order chi connectivity index (χ1) is 8.65. The summed E-state index contributed by atoms with van der Waals surface area (Å²) < 4.78 is 9.74. The summed E-state index contributed by atoms with van der Waals surface area (Å²) in [6, 6.07) is 0.843. The molecule has 9 nitrogen and oxygen atoms in total. The Morgan fingerprint density at radius 1 is 1.42 bits per heavy atom. The Kier molecular flexibility index (Phi) is 3.88. The fourth-order valence-electron chi connectivity index (χ4n) is 1.15. The van der Waals surface area contributed by atoms with E-state index in [1.165, 1.54) is 0 Å².